The lowest BCUT2D eigenvalue weighted by Gasteiger charge is -2.06. The van der Waals surface area contributed by atoms with Gasteiger partial charge in [0, 0.05) is 12.5 Å². The van der Waals surface area contributed by atoms with Gasteiger partial charge >= 0.3 is 0 Å². The van der Waals surface area contributed by atoms with Crippen LogP contribution in [0.5, 0.6) is 11.5 Å². The SMILES string of the molecule is O=[C]CCc1ccc(Oc2ccc(F)c(F)c2)cc1. The van der Waals surface area contributed by atoms with Crippen molar-refractivity contribution >= 4 is 6.29 Å². The van der Waals surface area contributed by atoms with Gasteiger partial charge in [-0.2, -0.15) is 0 Å². The van der Waals surface area contributed by atoms with Gasteiger partial charge in [-0.3, -0.25) is 4.79 Å². The highest BCUT2D eigenvalue weighted by atomic mass is 19.2. The van der Waals surface area contributed by atoms with Gasteiger partial charge in [-0.15, -0.1) is 0 Å². The summed E-state index contributed by atoms with van der Waals surface area (Å²) in [7, 11) is 0. The Morgan fingerprint density at radius 2 is 1.63 bits per heavy atom. The molecule has 2 aromatic rings. The Labute approximate surface area is 109 Å². The van der Waals surface area contributed by atoms with Crippen LogP contribution in [0, 0.1) is 11.6 Å². The molecule has 0 aliphatic carbocycles. The summed E-state index contributed by atoms with van der Waals surface area (Å²) in [6, 6.07) is 10.4. The van der Waals surface area contributed by atoms with Crippen molar-refractivity contribution in [2.24, 2.45) is 0 Å². The zero-order chi connectivity index (χ0) is 13.7. The summed E-state index contributed by atoms with van der Waals surface area (Å²) in [5.41, 5.74) is 0.987. The minimum absolute atomic E-state index is 0.230. The number of hydrogen-bond donors (Lipinski definition) is 0. The molecule has 0 spiro atoms. The molecule has 19 heavy (non-hydrogen) atoms. The fraction of sp³-hybridized carbons (Fsp3) is 0.133. The van der Waals surface area contributed by atoms with E-state index < -0.39 is 11.6 Å². The molecule has 0 bridgehead atoms. The second kappa shape index (κ2) is 6.09. The number of carbonyl (C=O) groups excluding carboxylic acids is 1. The maximum absolute atomic E-state index is 13.0. The summed E-state index contributed by atoms with van der Waals surface area (Å²) in [5.74, 6) is -1.11. The normalized spacial score (nSPS) is 10.2. The summed E-state index contributed by atoms with van der Waals surface area (Å²) in [6.07, 6.45) is 2.79. The van der Waals surface area contributed by atoms with E-state index >= 15 is 0 Å². The Morgan fingerprint density at radius 3 is 2.26 bits per heavy atom. The van der Waals surface area contributed by atoms with Gasteiger partial charge in [0.2, 0.25) is 0 Å². The molecular weight excluding hydrogens is 250 g/mol. The van der Waals surface area contributed by atoms with Gasteiger partial charge < -0.3 is 4.74 Å². The van der Waals surface area contributed by atoms with Gasteiger partial charge in [0.1, 0.15) is 11.5 Å². The number of rotatable bonds is 5. The Bertz CT molecular complexity index is 565. The third kappa shape index (κ3) is 3.61. The van der Waals surface area contributed by atoms with Crippen LogP contribution in [-0.4, -0.2) is 6.29 Å². The molecule has 1 radical (unpaired) electrons. The third-order valence-electron chi connectivity index (χ3n) is 2.57. The van der Waals surface area contributed by atoms with Gasteiger partial charge in [0.15, 0.2) is 17.9 Å². The molecule has 0 fully saturated rings. The number of benzene rings is 2. The van der Waals surface area contributed by atoms with Crippen molar-refractivity contribution in [1.29, 1.82) is 0 Å². The van der Waals surface area contributed by atoms with Crippen molar-refractivity contribution in [3.63, 3.8) is 0 Å². The zero-order valence-corrected chi connectivity index (χ0v) is 10.0. The molecule has 0 atom stereocenters. The van der Waals surface area contributed by atoms with E-state index in [1.54, 1.807) is 12.1 Å². The van der Waals surface area contributed by atoms with E-state index in [2.05, 4.69) is 0 Å². The maximum atomic E-state index is 13.0. The first-order valence-electron chi connectivity index (χ1n) is 5.76. The first-order chi connectivity index (χ1) is 9.19. The van der Waals surface area contributed by atoms with E-state index in [0.717, 1.165) is 17.7 Å². The van der Waals surface area contributed by atoms with Crippen molar-refractivity contribution < 1.29 is 18.3 Å². The molecule has 0 saturated heterocycles. The Kier molecular flexibility index (Phi) is 4.23. The molecule has 2 rings (SSSR count). The number of halogens is 2. The Hall–Kier alpha value is -2.23. The first kappa shape index (κ1) is 13.2. The van der Waals surface area contributed by atoms with Crippen LogP contribution in [0.25, 0.3) is 0 Å². The van der Waals surface area contributed by atoms with Crippen LogP contribution >= 0.6 is 0 Å². The largest absolute Gasteiger partial charge is 0.457 e. The number of ether oxygens (including phenoxy) is 1. The van der Waals surface area contributed by atoms with Crippen LogP contribution in [0.4, 0.5) is 8.78 Å². The van der Waals surface area contributed by atoms with Crippen molar-refractivity contribution in [1.82, 2.24) is 0 Å². The van der Waals surface area contributed by atoms with Crippen molar-refractivity contribution in [2.45, 2.75) is 12.8 Å². The highest BCUT2D eigenvalue weighted by Gasteiger charge is 2.04. The molecule has 0 N–H and O–H groups in total. The van der Waals surface area contributed by atoms with Crippen LogP contribution < -0.4 is 4.74 Å². The zero-order valence-electron chi connectivity index (χ0n) is 10.0. The second-order valence-electron chi connectivity index (χ2n) is 3.97. The highest BCUT2D eigenvalue weighted by Crippen LogP contribution is 2.23. The molecule has 0 aliphatic heterocycles. The lowest BCUT2D eigenvalue weighted by molar-refractivity contribution is 0.461. The lowest BCUT2D eigenvalue weighted by Crippen LogP contribution is -1.89. The third-order valence-corrected chi connectivity index (χ3v) is 2.57. The fourth-order valence-electron chi connectivity index (χ4n) is 1.60. The Morgan fingerprint density at radius 1 is 0.947 bits per heavy atom. The molecule has 2 aromatic carbocycles. The fourth-order valence-corrected chi connectivity index (χ4v) is 1.60. The second-order valence-corrected chi connectivity index (χ2v) is 3.97. The van der Waals surface area contributed by atoms with E-state index in [9.17, 15) is 13.6 Å². The van der Waals surface area contributed by atoms with Gasteiger partial charge in [-0.25, -0.2) is 8.78 Å². The summed E-state index contributed by atoms with van der Waals surface area (Å²) in [6.45, 7) is 0. The molecule has 0 amide bonds. The molecule has 2 nitrogen and oxygen atoms in total. The minimum Gasteiger partial charge on any atom is -0.457 e. The van der Waals surface area contributed by atoms with E-state index in [4.69, 9.17) is 4.74 Å². The smallest absolute Gasteiger partial charge is 0.198 e. The Balaban J connectivity index is 2.06. The van der Waals surface area contributed by atoms with Crippen LogP contribution in [0.3, 0.4) is 0 Å². The molecule has 0 aliphatic rings. The quantitative estimate of drug-likeness (QED) is 0.818. The monoisotopic (exact) mass is 261 g/mol. The highest BCUT2D eigenvalue weighted by molar-refractivity contribution is 5.51. The minimum atomic E-state index is -0.948. The molecule has 0 unspecified atom stereocenters. The topological polar surface area (TPSA) is 26.3 Å². The average molecular weight is 261 g/mol. The van der Waals surface area contributed by atoms with Crippen LogP contribution in [-0.2, 0) is 11.2 Å². The predicted octanol–water partition coefficient (Wildman–Crippen LogP) is 3.80. The van der Waals surface area contributed by atoms with Crippen molar-refractivity contribution in [3.05, 3.63) is 59.7 Å². The van der Waals surface area contributed by atoms with E-state index in [-0.39, 0.29) is 5.75 Å². The molecule has 0 aromatic heterocycles. The standard InChI is InChI=1S/C15H11F2O2/c16-14-8-7-13(10-15(14)17)19-12-5-3-11(4-6-12)2-1-9-18/h3-8,10H,1-2H2. The van der Waals surface area contributed by atoms with Crippen molar-refractivity contribution in [2.75, 3.05) is 0 Å². The van der Waals surface area contributed by atoms with Gasteiger partial charge in [0.25, 0.3) is 0 Å². The predicted molar refractivity (Wildman–Crippen MR) is 66.9 cm³/mol. The number of hydrogen-bond acceptors (Lipinski definition) is 2. The van der Waals surface area contributed by atoms with Gasteiger partial charge in [0.05, 0.1) is 0 Å². The van der Waals surface area contributed by atoms with Gasteiger partial charge in [-0.1, -0.05) is 12.1 Å². The molecule has 97 valence electrons. The molecule has 4 heteroatoms. The van der Waals surface area contributed by atoms with E-state index in [1.165, 1.54) is 6.07 Å². The molecular formula is C15H11F2O2. The summed E-state index contributed by atoms with van der Waals surface area (Å²) < 4.78 is 31.1. The van der Waals surface area contributed by atoms with E-state index in [1.807, 2.05) is 18.4 Å². The molecule has 0 saturated carbocycles. The van der Waals surface area contributed by atoms with Gasteiger partial charge in [-0.05, 0) is 36.2 Å². The number of aryl methyl sites for hydroxylation is 1. The maximum Gasteiger partial charge on any atom is 0.198 e. The lowest BCUT2D eigenvalue weighted by atomic mass is 10.1. The van der Waals surface area contributed by atoms with E-state index in [0.29, 0.717) is 18.6 Å². The molecule has 0 heterocycles. The summed E-state index contributed by atoms with van der Waals surface area (Å²) >= 11 is 0. The van der Waals surface area contributed by atoms with Crippen LogP contribution in [0.2, 0.25) is 0 Å². The van der Waals surface area contributed by atoms with Crippen LogP contribution in [0.15, 0.2) is 42.5 Å². The summed E-state index contributed by atoms with van der Waals surface area (Å²) in [4.78, 5) is 10.1. The average Bonchev–Trinajstić information content (AvgIpc) is 2.42. The first-order valence-corrected chi connectivity index (χ1v) is 5.76. The summed E-state index contributed by atoms with van der Waals surface area (Å²) in [5, 5.41) is 0. The van der Waals surface area contributed by atoms with Crippen LogP contribution in [0.1, 0.15) is 12.0 Å². The van der Waals surface area contributed by atoms with Crippen molar-refractivity contribution in [3.8, 4) is 11.5 Å².